The smallest absolute Gasteiger partial charge is 0.339 e. The maximum atomic E-state index is 13.4. The number of benzene rings is 1. The maximum absolute atomic E-state index is 13.4. The monoisotopic (exact) mass is 484 g/mol. The molecule has 1 aromatic carbocycles. The summed E-state index contributed by atoms with van der Waals surface area (Å²) in [6, 6.07) is 5.59. The Kier molecular flexibility index (Phi) is 6.35. The number of carbonyl (C=O) groups is 2. The van der Waals surface area contributed by atoms with Gasteiger partial charge in [-0.25, -0.2) is 13.2 Å². The summed E-state index contributed by atoms with van der Waals surface area (Å²) >= 11 is 0. The van der Waals surface area contributed by atoms with Crippen molar-refractivity contribution in [3.8, 4) is 0 Å². The van der Waals surface area contributed by atoms with E-state index in [-0.39, 0.29) is 36.1 Å². The Bertz CT molecular complexity index is 1230. The van der Waals surface area contributed by atoms with Gasteiger partial charge < -0.3 is 9.64 Å². The first-order valence-electron chi connectivity index (χ1n) is 12.4. The van der Waals surface area contributed by atoms with Crippen molar-refractivity contribution in [3.63, 3.8) is 0 Å². The third-order valence-electron chi connectivity index (χ3n) is 7.56. The van der Waals surface area contributed by atoms with Crippen LogP contribution in [0.1, 0.15) is 72.1 Å². The van der Waals surface area contributed by atoms with E-state index in [0.717, 1.165) is 79.1 Å². The number of hydrogen-bond donors (Lipinski definition) is 0. The van der Waals surface area contributed by atoms with Crippen molar-refractivity contribution in [2.24, 2.45) is 0 Å². The molecular formula is C26H32N2O5S. The molecule has 1 amide bonds. The summed E-state index contributed by atoms with van der Waals surface area (Å²) in [5, 5.41) is 0.771. The van der Waals surface area contributed by atoms with E-state index < -0.39 is 15.8 Å². The number of aromatic nitrogens is 1. The summed E-state index contributed by atoms with van der Waals surface area (Å²) in [5.41, 5.74) is 4.23. The lowest BCUT2D eigenvalue weighted by atomic mass is 9.89. The molecule has 0 spiro atoms. The van der Waals surface area contributed by atoms with Crippen LogP contribution in [0, 0.1) is 6.92 Å². The molecule has 0 radical (unpaired) electrons. The molecule has 5 rings (SSSR count). The summed E-state index contributed by atoms with van der Waals surface area (Å²) in [5.74, 6) is -0.659. The molecule has 1 unspecified atom stereocenters. The second kappa shape index (κ2) is 9.29. The predicted octanol–water partition coefficient (Wildman–Crippen LogP) is 3.54. The SMILES string of the molecule is Cc1ccc2nc3c(c(C(=O)OCC(=O)N(C4CCCC4)C4CCS(=O)(=O)C4)c2c1)CCCC3. The fraction of sp³-hybridized carbons (Fsp3) is 0.577. The van der Waals surface area contributed by atoms with Crippen molar-refractivity contribution in [2.75, 3.05) is 18.1 Å². The number of esters is 1. The number of nitrogens with zero attached hydrogens (tertiary/aromatic N) is 2. The molecule has 7 nitrogen and oxygen atoms in total. The number of hydrogen-bond acceptors (Lipinski definition) is 6. The first kappa shape index (κ1) is 23.3. The lowest BCUT2D eigenvalue weighted by molar-refractivity contribution is -0.139. The van der Waals surface area contributed by atoms with Gasteiger partial charge >= 0.3 is 5.97 Å². The van der Waals surface area contributed by atoms with Crippen molar-refractivity contribution in [2.45, 2.75) is 76.8 Å². The van der Waals surface area contributed by atoms with E-state index in [4.69, 9.17) is 9.72 Å². The summed E-state index contributed by atoms with van der Waals surface area (Å²) in [6.45, 7) is 1.61. The van der Waals surface area contributed by atoms with Crippen molar-refractivity contribution < 1.29 is 22.7 Å². The lowest BCUT2D eigenvalue weighted by Crippen LogP contribution is -2.48. The van der Waals surface area contributed by atoms with E-state index >= 15 is 0 Å². The molecule has 1 saturated carbocycles. The lowest BCUT2D eigenvalue weighted by Gasteiger charge is -2.34. The van der Waals surface area contributed by atoms with E-state index in [1.54, 1.807) is 4.90 Å². The zero-order chi connectivity index (χ0) is 23.9. The highest BCUT2D eigenvalue weighted by atomic mass is 32.2. The first-order valence-corrected chi connectivity index (χ1v) is 14.3. The van der Waals surface area contributed by atoms with Gasteiger partial charge in [-0.15, -0.1) is 0 Å². The molecule has 2 fully saturated rings. The van der Waals surface area contributed by atoms with Crippen LogP contribution in [0.2, 0.25) is 0 Å². The molecule has 182 valence electrons. The van der Waals surface area contributed by atoms with Crippen LogP contribution < -0.4 is 0 Å². The number of sulfone groups is 1. The van der Waals surface area contributed by atoms with Crippen LogP contribution in [0.3, 0.4) is 0 Å². The van der Waals surface area contributed by atoms with Crippen LogP contribution in [-0.4, -0.2) is 60.4 Å². The van der Waals surface area contributed by atoms with Gasteiger partial charge in [0.2, 0.25) is 0 Å². The molecule has 1 atom stereocenters. The van der Waals surface area contributed by atoms with E-state index in [1.807, 2.05) is 25.1 Å². The summed E-state index contributed by atoms with van der Waals surface area (Å²) < 4.78 is 29.8. The topological polar surface area (TPSA) is 93.6 Å². The third-order valence-corrected chi connectivity index (χ3v) is 9.31. The van der Waals surface area contributed by atoms with Gasteiger partial charge in [0.25, 0.3) is 5.91 Å². The molecule has 1 aliphatic heterocycles. The minimum Gasteiger partial charge on any atom is -0.452 e. The Balaban J connectivity index is 1.40. The minimum atomic E-state index is -3.13. The zero-order valence-corrected chi connectivity index (χ0v) is 20.5. The molecule has 0 bridgehead atoms. The number of carbonyl (C=O) groups excluding carboxylic acids is 2. The number of pyridine rings is 1. The van der Waals surface area contributed by atoms with Gasteiger partial charge in [0, 0.05) is 23.2 Å². The Morgan fingerprint density at radius 1 is 1.06 bits per heavy atom. The fourth-order valence-corrected chi connectivity index (χ4v) is 7.64. The first-order chi connectivity index (χ1) is 16.3. The second-order valence-corrected chi connectivity index (χ2v) is 12.2. The highest BCUT2D eigenvalue weighted by Crippen LogP contribution is 2.32. The third kappa shape index (κ3) is 4.57. The number of amides is 1. The van der Waals surface area contributed by atoms with Gasteiger partial charge in [-0.05, 0) is 69.6 Å². The molecule has 2 heterocycles. The van der Waals surface area contributed by atoms with E-state index in [2.05, 4.69) is 0 Å². The zero-order valence-electron chi connectivity index (χ0n) is 19.7. The van der Waals surface area contributed by atoms with Gasteiger partial charge in [-0.1, -0.05) is 24.5 Å². The molecule has 8 heteroatoms. The molecule has 1 saturated heterocycles. The predicted molar refractivity (Wildman–Crippen MR) is 130 cm³/mol. The van der Waals surface area contributed by atoms with Gasteiger partial charge in [-0.2, -0.15) is 0 Å². The largest absolute Gasteiger partial charge is 0.452 e. The Labute approximate surface area is 200 Å². The van der Waals surface area contributed by atoms with Crippen molar-refractivity contribution in [3.05, 3.63) is 40.6 Å². The number of ether oxygens (including phenoxy) is 1. The van der Waals surface area contributed by atoms with Crippen molar-refractivity contribution in [1.82, 2.24) is 9.88 Å². The summed E-state index contributed by atoms with van der Waals surface area (Å²) in [7, 11) is -3.13. The average Bonchev–Trinajstić information content (AvgIpc) is 3.46. The molecule has 3 aliphatic rings. The molecule has 2 aliphatic carbocycles. The minimum absolute atomic E-state index is 0.00492. The van der Waals surface area contributed by atoms with Crippen LogP contribution in [0.25, 0.3) is 10.9 Å². The standard InChI is InChI=1S/C26H32N2O5S/c1-17-10-11-23-21(14-17)25(20-8-4-5-9-22(20)27-23)26(30)33-15-24(29)28(18-6-2-3-7-18)19-12-13-34(31,32)16-19/h10-11,14,18-19H,2-9,12-13,15-16H2,1H3. The highest BCUT2D eigenvalue weighted by Gasteiger charge is 2.39. The van der Waals surface area contributed by atoms with Gasteiger partial charge in [0.1, 0.15) is 0 Å². The molecular weight excluding hydrogens is 452 g/mol. The van der Waals surface area contributed by atoms with Crippen LogP contribution in [0.15, 0.2) is 18.2 Å². The average molecular weight is 485 g/mol. The Morgan fingerprint density at radius 3 is 2.56 bits per heavy atom. The molecule has 2 aromatic rings. The second-order valence-electron chi connectivity index (χ2n) is 10.0. The quantitative estimate of drug-likeness (QED) is 0.603. The van der Waals surface area contributed by atoms with E-state index in [1.165, 1.54) is 0 Å². The van der Waals surface area contributed by atoms with Crippen LogP contribution >= 0.6 is 0 Å². The van der Waals surface area contributed by atoms with Gasteiger partial charge in [-0.3, -0.25) is 9.78 Å². The van der Waals surface area contributed by atoms with Crippen molar-refractivity contribution >= 4 is 32.6 Å². The van der Waals surface area contributed by atoms with Crippen LogP contribution in [0.4, 0.5) is 0 Å². The van der Waals surface area contributed by atoms with E-state index in [0.29, 0.717) is 12.0 Å². The summed E-state index contributed by atoms with van der Waals surface area (Å²) in [6.07, 6.45) is 7.92. The van der Waals surface area contributed by atoms with E-state index in [9.17, 15) is 18.0 Å². The van der Waals surface area contributed by atoms with Gasteiger partial charge in [0.15, 0.2) is 16.4 Å². The number of rotatable bonds is 5. The van der Waals surface area contributed by atoms with Crippen LogP contribution in [0.5, 0.6) is 0 Å². The fourth-order valence-electron chi connectivity index (χ4n) is 5.93. The molecule has 0 N–H and O–H groups in total. The Hall–Kier alpha value is -2.48. The van der Waals surface area contributed by atoms with Crippen LogP contribution in [-0.2, 0) is 32.2 Å². The Morgan fingerprint density at radius 2 is 1.82 bits per heavy atom. The highest BCUT2D eigenvalue weighted by molar-refractivity contribution is 7.91. The van der Waals surface area contributed by atoms with Crippen molar-refractivity contribution in [1.29, 1.82) is 0 Å². The van der Waals surface area contributed by atoms with Gasteiger partial charge in [0.05, 0.1) is 22.6 Å². The summed E-state index contributed by atoms with van der Waals surface area (Å²) in [4.78, 5) is 33.2. The normalized spacial score (nSPS) is 22.0. The maximum Gasteiger partial charge on any atom is 0.339 e. The molecule has 1 aromatic heterocycles. The number of fused-ring (bicyclic) bond motifs is 2. The molecule has 34 heavy (non-hydrogen) atoms. The number of aryl methyl sites for hydroxylation is 2.